The summed E-state index contributed by atoms with van der Waals surface area (Å²) in [7, 11) is 0. The van der Waals surface area contributed by atoms with Crippen LogP contribution < -0.4 is 10.0 Å². The van der Waals surface area contributed by atoms with Crippen LogP contribution in [-0.2, 0) is 11.2 Å². The summed E-state index contributed by atoms with van der Waals surface area (Å²) >= 11 is 1.39. The number of nitro benzene ring substituents is 1. The number of anilines is 2. The fourth-order valence-corrected chi connectivity index (χ4v) is 2.84. The number of fused-ring (bicyclic) bond motifs is 1. The molecule has 6 nitrogen and oxygen atoms in total. The number of rotatable bonds is 4. The van der Waals surface area contributed by atoms with Gasteiger partial charge in [0.2, 0.25) is 5.91 Å². The van der Waals surface area contributed by atoms with E-state index in [9.17, 15) is 14.9 Å². The normalized spacial score (nSPS) is 13.2. The van der Waals surface area contributed by atoms with E-state index in [1.54, 1.807) is 12.1 Å². The van der Waals surface area contributed by atoms with Crippen LogP contribution in [0.5, 0.6) is 0 Å². The molecular weight excluding hydrogens is 302 g/mol. The number of nitrogens with one attached hydrogen (secondary N) is 2. The van der Waals surface area contributed by atoms with E-state index >= 15 is 0 Å². The topological polar surface area (TPSA) is 84.3 Å². The first-order valence-electron chi connectivity index (χ1n) is 6.72. The Kier molecular flexibility index (Phi) is 3.97. The Morgan fingerprint density at radius 2 is 1.91 bits per heavy atom. The maximum Gasteiger partial charge on any atom is 0.269 e. The number of aryl methyl sites for hydroxylation is 1. The van der Waals surface area contributed by atoms with Crippen LogP contribution in [0, 0.1) is 10.1 Å². The molecule has 0 aromatic heterocycles. The van der Waals surface area contributed by atoms with Gasteiger partial charge in [0.05, 0.1) is 4.92 Å². The molecule has 0 saturated heterocycles. The molecule has 22 heavy (non-hydrogen) atoms. The SMILES string of the molecule is O=C1CCc2cc(NSc3ccc([N+](=O)[O-])cc3)ccc2N1. The fraction of sp³-hybridized carbons (Fsp3) is 0.133. The summed E-state index contributed by atoms with van der Waals surface area (Å²) in [6, 6.07) is 12.1. The summed E-state index contributed by atoms with van der Waals surface area (Å²) in [5.74, 6) is 0.0495. The smallest absolute Gasteiger partial charge is 0.269 e. The summed E-state index contributed by atoms with van der Waals surface area (Å²) < 4.78 is 3.21. The Hall–Kier alpha value is -2.54. The Bertz CT molecular complexity index is 731. The minimum Gasteiger partial charge on any atom is -0.326 e. The second-order valence-electron chi connectivity index (χ2n) is 4.88. The summed E-state index contributed by atoms with van der Waals surface area (Å²) in [4.78, 5) is 22.4. The van der Waals surface area contributed by atoms with Gasteiger partial charge in [-0.05, 0) is 54.3 Å². The summed E-state index contributed by atoms with van der Waals surface area (Å²) in [5.41, 5.74) is 2.98. The van der Waals surface area contributed by atoms with Crippen LogP contribution in [0.2, 0.25) is 0 Å². The Labute approximate surface area is 131 Å². The van der Waals surface area contributed by atoms with Gasteiger partial charge in [-0.2, -0.15) is 0 Å². The van der Waals surface area contributed by atoms with Crippen molar-refractivity contribution >= 4 is 34.9 Å². The van der Waals surface area contributed by atoms with Crippen molar-refractivity contribution in [1.82, 2.24) is 0 Å². The van der Waals surface area contributed by atoms with Crippen molar-refractivity contribution in [3.63, 3.8) is 0 Å². The number of carbonyl (C=O) groups is 1. The molecule has 1 heterocycles. The van der Waals surface area contributed by atoms with Crippen molar-refractivity contribution in [2.75, 3.05) is 10.0 Å². The lowest BCUT2D eigenvalue weighted by Crippen LogP contribution is -2.18. The first-order chi connectivity index (χ1) is 10.6. The molecule has 0 fully saturated rings. The minimum atomic E-state index is -0.417. The maximum absolute atomic E-state index is 11.3. The zero-order valence-electron chi connectivity index (χ0n) is 11.5. The number of non-ortho nitro benzene ring substituents is 1. The van der Waals surface area contributed by atoms with Gasteiger partial charge in [-0.3, -0.25) is 14.9 Å². The molecule has 1 aliphatic heterocycles. The van der Waals surface area contributed by atoms with E-state index in [1.165, 1.54) is 24.1 Å². The van der Waals surface area contributed by atoms with Crippen LogP contribution in [0.4, 0.5) is 17.1 Å². The molecule has 2 aromatic carbocycles. The zero-order chi connectivity index (χ0) is 15.5. The summed E-state index contributed by atoms with van der Waals surface area (Å²) in [6.07, 6.45) is 1.24. The van der Waals surface area contributed by atoms with Crippen molar-refractivity contribution in [3.8, 4) is 0 Å². The van der Waals surface area contributed by atoms with Gasteiger partial charge in [-0.1, -0.05) is 0 Å². The Balaban J connectivity index is 1.66. The van der Waals surface area contributed by atoms with Crippen LogP contribution in [0.25, 0.3) is 0 Å². The maximum atomic E-state index is 11.3. The first kappa shape index (κ1) is 14.4. The number of carbonyl (C=O) groups excluding carboxylic acids is 1. The number of hydrogen-bond donors (Lipinski definition) is 2. The minimum absolute atomic E-state index is 0.0495. The van der Waals surface area contributed by atoms with Gasteiger partial charge in [0.15, 0.2) is 0 Å². The van der Waals surface area contributed by atoms with Gasteiger partial charge in [0, 0.05) is 34.8 Å². The lowest BCUT2D eigenvalue weighted by molar-refractivity contribution is -0.384. The quantitative estimate of drug-likeness (QED) is 0.511. The zero-order valence-corrected chi connectivity index (χ0v) is 12.4. The van der Waals surface area contributed by atoms with Crippen molar-refractivity contribution in [2.45, 2.75) is 17.7 Å². The largest absolute Gasteiger partial charge is 0.326 e. The Morgan fingerprint density at radius 1 is 1.14 bits per heavy atom. The Morgan fingerprint density at radius 3 is 2.64 bits per heavy atom. The van der Waals surface area contributed by atoms with Crippen LogP contribution in [-0.4, -0.2) is 10.8 Å². The van der Waals surface area contributed by atoms with Gasteiger partial charge in [-0.15, -0.1) is 0 Å². The second-order valence-corrected chi connectivity index (χ2v) is 5.75. The molecular formula is C15H13N3O3S. The van der Waals surface area contributed by atoms with Crippen molar-refractivity contribution < 1.29 is 9.72 Å². The van der Waals surface area contributed by atoms with E-state index in [0.717, 1.165) is 28.3 Å². The van der Waals surface area contributed by atoms with Gasteiger partial charge in [0.25, 0.3) is 5.69 Å². The molecule has 0 aliphatic carbocycles. The predicted octanol–water partition coefficient (Wildman–Crippen LogP) is 3.60. The lowest BCUT2D eigenvalue weighted by atomic mass is 10.0. The predicted molar refractivity (Wildman–Crippen MR) is 86.0 cm³/mol. The first-order valence-corrected chi connectivity index (χ1v) is 7.53. The van der Waals surface area contributed by atoms with Gasteiger partial charge in [0.1, 0.15) is 0 Å². The number of benzene rings is 2. The standard InChI is InChI=1S/C15H13N3O3S/c19-15-8-1-10-9-11(2-7-14(10)16-15)17-22-13-5-3-12(4-6-13)18(20)21/h2-7,9,17H,1,8H2,(H,16,19). The molecule has 0 bridgehead atoms. The van der Waals surface area contributed by atoms with Crippen molar-refractivity contribution in [2.24, 2.45) is 0 Å². The molecule has 0 spiro atoms. The molecule has 112 valence electrons. The van der Waals surface area contributed by atoms with E-state index in [-0.39, 0.29) is 11.6 Å². The molecule has 2 N–H and O–H groups in total. The molecule has 0 atom stereocenters. The van der Waals surface area contributed by atoms with E-state index in [1.807, 2.05) is 18.2 Å². The van der Waals surface area contributed by atoms with Crippen molar-refractivity contribution in [3.05, 3.63) is 58.1 Å². The lowest BCUT2D eigenvalue weighted by Gasteiger charge is -2.17. The van der Waals surface area contributed by atoms with Crippen LogP contribution in [0.3, 0.4) is 0 Å². The molecule has 0 radical (unpaired) electrons. The molecule has 1 amide bonds. The third-order valence-electron chi connectivity index (χ3n) is 3.34. The molecule has 2 aromatic rings. The molecule has 0 saturated carbocycles. The highest BCUT2D eigenvalue weighted by Crippen LogP contribution is 2.28. The highest BCUT2D eigenvalue weighted by Gasteiger charge is 2.14. The van der Waals surface area contributed by atoms with Gasteiger partial charge < -0.3 is 10.0 Å². The summed E-state index contributed by atoms with van der Waals surface area (Å²) in [5, 5.41) is 13.4. The summed E-state index contributed by atoms with van der Waals surface area (Å²) in [6.45, 7) is 0. The number of hydrogen-bond acceptors (Lipinski definition) is 5. The van der Waals surface area contributed by atoms with Crippen LogP contribution in [0.1, 0.15) is 12.0 Å². The monoisotopic (exact) mass is 315 g/mol. The highest BCUT2D eigenvalue weighted by molar-refractivity contribution is 8.00. The van der Waals surface area contributed by atoms with Crippen LogP contribution in [0.15, 0.2) is 47.4 Å². The second kappa shape index (κ2) is 6.07. The van der Waals surface area contributed by atoms with Crippen LogP contribution >= 0.6 is 11.9 Å². The van der Waals surface area contributed by atoms with Gasteiger partial charge in [-0.25, -0.2) is 0 Å². The average molecular weight is 315 g/mol. The third kappa shape index (κ3) is 3.20. The average Bonchev–Trinajstić information content (AvgIpc) is 2.53. The van der Waals surface area contributed by atoms with E-state index in [4.69, 9.17) is 0 Å². The fourth-order valence-electron chi connectivity index (χ4n) is 2.20. The van der Waals surface area contributed by atoms with E-state index < -0.39 is 4.92 Å². The van der Waals surface area contributed by atoms with E-state index in [2.05, 4.69) is 10.0 Å². The number of nitrogens with zero attached hydrogens (tertiary/aromatic N) is 1. The van der Waals surface area contributed by atoms with E-state index in [0.29, 0.717) is 6.42 Å². The van der Waals surface area contributed by atoms with Crippen molar-refractivity contribution in [1.29, 1.82) is 0 Å². The number of amides is 1. The molecule has 3 rings (SSSR count). The molecule has 1 aliphatic rings. The molecule has 7 heteroatoms. The molecule has 0 unspecified atom stereocenters. The highest BCUT2D eigenvalue weighted by atomic mass is 32.2. The number of nitro groups is 1. The third-order valence-corrected chi connectivity index (χ3v) is 4.18. The van der Waals surface area contributed by atoms with Gasteiger partial charge >= 0.3 is 0 Å².